The topological polar surface area (TPSA) is 181 Å². The number of aryl methyl sites for hydroxylation is 1. The van der Waals surface area contributed by atoms with Crippen molar-refractivity contribution >= 4 is 46.8 Å². The van der Waals surface area contributed by atoms with E-state index in [1.54, 1.807) is 20.8 Å². The third kappa shape index (κ3) is 10.1. The summed E-state index contributed by atoms with van der Waals surface area (Å²) in [6.07, 6.45) is 2.05. The van der Waals surface area contributed by atoms with Crippen molar-refractivity contribution in [2.24, 2.45) is 7.05 Å². The van der Waals surface area contributed by atoms with Crippen molar-refractivity contribution in [1.29, 1.82) is 0 Å². The van der Waals surface area contributed by atoms with E-state index < -0.39 is 47.3 Å². The first kappa shape index (κ1) is 39.1. The van der Waals surface area contributed by atoms with Gasteiger partial charge in [-0.1, -0.05) is 66.7 Å². The molecule has 13 nitrogen and oxygen atoms in total. The lowest BCUT2D eigenvalue weighted by Gasteiger charge is -2.26. The molecule has 0 aliphatic heterocycles. The minimum atomic E-state index is -1.22. The molecule has 3 aromatic carbocycles. The number of fused-ring (bicyclic) bond motifs is 4. The van der Waals surface area contributed by atoms with Gasteiger partial charge in [-0.3, -0.25) is 14.4 Å². The predicted molar refractivity (Wildman–Crippen MR) is 203 cm³/mol. The molecular formula is C41H46N6O7. The highest BCUT2D eigenvalue weighted by Crippen LogP contribution is 2.44. The maximum absolute atomic E-state index is 13.9. The van der Waals surface area contributed by atoms with E-state index in [9.17, 15) is 24.0 Å². The summed E-state index contributed by atoms with van der Waals surface area (Å²) in [4.78, 5) is 67.7. The molecule has 5 rings (SSSR count). The Morgan fingerprint density at radius 1 is 0.889 bits per heavy atom. The maximum Gasteiger partial charge on any atom is 0.407 e. The Bertz CT molecular complexity index is 2030. The number of ether oxygens (including phenoxy) is 2. The quantitative estimate of drug-likeness (QED) is 0.0476. The van der Waals surface area contributed by atoms with Crippen LogP contribution in [-0.2, 0) is 42.1 Å². The summed E-state index contributed by atoms with van der Waals surface area (Å²) in [5, 5.41) is 9.10. The molecule has 0 bridgehead atoms. The van der Waals surface area contributed by atoms with E-state index in [1.165, 1.54) is 0 Å². The Morgan fingerprint density at radius 2 is 1.54 bits per heavy atom. The summed E-state index contributed by atoms with van der Waals surface area (Å²) in [6, 6.07) is 21.5. The van der Waals surface area contributed by atoms with Gasteiger partial charge in [0.15, 0.2) is 0 Å². The molecule has 3 N–H and O–H groups in total. The van der Waals surface area contributed by atoms with E-state index in [1.807, 2.05) is 78.5 Å². The summed E-state index contributed by atoms with van der Waals surface area (Å²) < 4.78 is 13.0. The van der Waals surface area contributed by atoms with E-state index in [-0.39, 0.29) is 51.2 Å². The maximum atomic E-state index is 13.9. The van der Waals surface area contributed by atoms with Gasteiger partial charge in [0.2, 0.25) is 17.6 Å². The molecule has 0 saturated carbocycles. The Morgan fingerprint density at radius 3 is 2.20 bits per heavy atom. The lowest BCUT2D eigenvalue weighted by Crippen LogP contribution is -2.53. The zero-order valence-electron chi connectivity index (χ0n) is 31.0. The average Bonchev–Trinajstić information content (AvgIpc) is 3.63. The number of amides is 3. The standard InChI is InChI=1S/C41H46N6O7/c1-41(2,3)54-39(51)34(20-19-27(48)23-44-42)46-38(50)35(22-26-24-47(4)36-17-10-9-12-28(26)36)45-37(49)18-11-21-43-40(52)53-25-33-31-15-7-5-13-29(31)30-14-6-8-16-32(30)33/h5-10,12-17,23-24,33-35H,11,18-22,25H2,1-4H3,(H,43,52)(H,45,49)(H,46,50)/t34-,35-/m0/s1. The van der Waals surface area contributed by atoms with Crippen LogP contribution < -0.4 is 16.0 Å². The summed E-state index contributed by atoms with van der Waals surface area (Å²) in [5.41, 5.74) is 14.1. The van der Waals surface area contributed by atoms with Crippen LogP contribution in [0.15, 0.2) is 79.0 Å². The van der Waals surface area contributed by atoms with Crippen LogP contribution in [0.2, 0.25) is 0 Å². The highest BCUT2D eigenvalue weighted by Gasteiger charge is 2.32. The second kappa shape index (κ2) is 17.6. The van der Waals surface area contributed by atoms with Gasteiger partial charge < -0.3 is 35.5 Å². The first-order valence-corrected chi connectivity index (χ1v) is 18.0. The Labute approximate surface area is 314 Å². The van der Waals surface area contributed by atoms with Crippen molar-refractivity contribution in [3.63, 3.8) is 0 Å². The number of alkyl carbamates (subject to hydrolysis) is 1. The van der Waals surface area contributed by atoms with Crippen molar-refractivity contribution in [2.45, 2.75) is 76.5 Å². The number of nitrogens with zero attached hydrogens (tertiary/aromatic N) is 3. The molecule has 3 amide bonds. The third-order valence-electron chi connectivity index (χ3n) is 9.14. The van der Waals surface area contributed by atoms with Crippen LogP contribution in [0.25, 0.3) is 27.6 Å². The van der Waals surface area contributed by atoms with Crippen molar-refractivity contribution in [1.82, 2.24) is 20.5 Å². The molecular weight excluding hydrogens is 688 g/mol. The van der Waals surface area contributed by atoms with Crippen molar-refractivity contribution in [3.05, 3.63) is 101 Å². The van der Waals surface area contributed by atoms with Gasteiger partial charge in [-0.25, -0.2) is 9.59 Å². The number of rotatable bonds is 16. The number of nitrogens with one attached hydrogen (secondary N) is 3. The highest BCUT2D eigenvalue weighted by molar-refractivity contribution is 6.25. The summed E-state index contributed by atoms with van der Waals surface area (Å²) in [6.45, 7) is 5.37. The molecule has 13 heteroatoms. The average molecular weight is 735 g/mol. The molecule has 54 heavy (non-hydrogen) atoms. The molecule has 282 valence electrons. The van der Waals surface area contributed by atoms with Crippen molar-refractivity contribution in [3.8, 4) is 11.1 Å². The first-order chi connectivity index (χ1) is 25.8. The van der Waals surface area contributed by atoms with Gasteiger partial charge in [0, 0.05) is 55.9 Å². The largest absolute Gasteiger partial charge is 0.458 e. The second-order valence-corrected chi connectivity index (χ2v) is 14.3. The number of hydrogen-bond donors (Lipinski definition) is 3. The van der Waals surface area contributed by atoms with Crippen LogP contribution in [0.3, 0.4) is 0 Å². The molecule has 2 atom stereocenters. The van der Waals surface area contributed by atoms with Crippen LogP contribution in [0.5, 0.6) is 0 Å². The number of ketones is 1. The van der Waals surface area contributed by atoms with Crippen LogP contribution in [0, 0.1) is 0 Å². The minimum Gasteiger partial charge on any atom is -0.458 e. The fourth-order valence-electron chi connectivity index (χ4n) is 6.68. The van der Waals surface area contributed by atoms with Crippen LogP contribution in [-0.4, -0.2) is 76.1 Å². The van der Waals surface area contributed by atoms with Gasteiger partial charge in [-0.05, 0) is 67.5 Å². The number of aromatic nitrogens is 1. The normalized spacial score (nSPS) is 13.1. The monoisotopic (exact) mass is 734 g/mol. The number of carbonyl (C=O) groups excluding carboxylic acids is 5. The van der Waals surface area contributed by atoms with Crippen LogP contribution in [0.1, 0.15) is 69.1 Å². The van der Waals surface area contributed by atoms with E-state index in [2.05, 4.69) is 32.9 Å². The molecule has 1 aromatic heterocycles. The molecule has 1 heterocycles. The Hall–Kier alpha value is -6.07. The number of Topliss-reactive ketones (excluding diaryl/α,β-unsaturated/α-hetero) is 1. The third-order valence-corrected chi connectivity index (χ3v) is 9.14. The minimum absolute atomic E-state index is 0.00648. The fourth-order valence-corrected chi connectivity index (χ4v) is 6.68. The molecule has 0 fully saturated rings. The molecule has 0 radical (unpaired) electrons. The summed E-state index contributed by atoms with van der Waals surface area (Å²) in [5.74, 6) is -2.46. The Kier molecular flexibility index (Phi) is 12.8. The van der Waals surface area contributed by atoms with Gasteiger partial charge in [0.1, 0.15) is 24.3 Å². The van der Waals surface area contributed by atoms with Gasteiger partial charge in [-0.2, -0.15) is 4.79 Å². The van der Waals surface area contributed by atoms with E-state index in [4.69, 9.17) is 15.0 Å². The molecule has 0 saturated heterocycles. The number of benzene rings is 3. The number of hydrogen-bond acceptors (Lipinski definition) is 7. The molecule has 1 aliphatic carbocycles. The smallest absolute Gasteiger partial charge is 0.407 e. The Balaban J connectivity index is 1.20. The predicted octanol–water partition coefficient (Wildman–Crippen LogP) is 5.00. The second-order valence-electron chi connectivity index (χ2n) is 14.3. The number of esters is 1. The fraction of sp³-hybridized carbons (Fsp3) is 0.366. The lowest BCUT2D eigenvalue weighted by molar-refractivity contribution is -0.159. The highest BCUT2D eigenvalue weighted by atomic mass is 16.6. The van der Waals surface area contributed by atoms with Crippen molar-refractivity contribution in [2.75, 3.05) is 13.2 Å². The van der Waals surface area contributed by atoms with Crippen LogP contribution in [0.4, 0.5) is 4.79 Å². The zero-order chi connectivity index (χ0) is 38.8. The molecule has 1 aliphatic rings. The molecule has 0 spiro atoms. The van der Waals surface area contributed by atoms with Gasteiger partial charge in [0.05, 0.1) is 0 Å². The van der Waals surface area contributed by atoms with E-state index in [0.717, 1.165) is 44.9 Å². The number of carbonyl (C=O) groups is 5. The SMILES string of the molecule is Cn1cc(C[C@H](NC(=O)CCCNC(=O)OCC2c3ccccc3-c3ccccc32)C(=O)N[C@@H](CCC(=O)C=[N+]=[N-])C(=O)OC(C)(C)C)c2ccccc21. The summed E-state index contributed by atoms with van der Waals surface area (Å²) >= 11 is 0. The molecule has 4 aromatic rings. The van der Waals surface area contributed by atoms with Gasteiger partial charge in [-0.15, -0.1) is 0 Å². The van der Waals surface area contributed by atoms with Crippen molar-refractivity contribution < 1.29 is 38.2 Å². The lowest BCUT2D eigenvalue weighted by atomic mass is 9.98. The molecule has 0 unspecified atom stereocenters. The van der Waals surface area contributed by atoms with Gasteiger partial charge in [0.25, 0.3) is 0 Å². The first-order valence-electron chi connectivity index (χ1n) is 18.0. The van der Waals surface area contributed by atoms with Crippen LogP contribution >= 0.6 is 0 Å². The van der Waals surface area contributed by atoms with E-state index >= 15 is 0 Å². The zero-order valence-corrected chi connectivity index (χ0v) is 31.0. The summed E-state index contributed by atoms with van der Waals surface area (Å²) in [7, 11) is 1.88. The van der Waals surface area contributed by atoms with E-state index in [0.29, 0.717) is 0 Å². The van der Waals surface area contributed by atoms with Gasteiger partial charge >= 0.3 is 18.3 Å². The number of para-hydroxylation sites is 1.